The first-order chi connectivity index (χ1) is 6.65. The molecule has 5 heteroatoms. The van der Waals surface area contributed by atoms with Crippen LogP contribution in [0.4, 0.5) is 0 Å². The lowest BCUT2D eigenvalue weighted by molar-refractivity contribution is -0.139. The molecule has 0 aliphatic heterocycles. The molecule has 0 aromatic carbocycles. The SMILES string of the molecule is COC(=O)Cc1cc(Br)cc(OC)n1. The van der Waals surface area contributed by atoms with E-state index in [1.54, 1.807) is 12.1 Å². The van der Waals surface area contributed by atoms with E-state index in [-0.39, 0.29) is 12.4 Å². The second-order valence-corrected chi connectivity index (χ2v) is 3.49. The third-order valence-electron chi connectivity index (χ3n) is 1.58. The average Bonchev–Trinajstić information content (AvgIpc) is 2.16. The first-order valence-electron chi connectivity index (χ1n) is 3.93. The summed E-state index contributed by atoms with van der Waals surface area (Å²) in [5, 5.41) is 0. The molecule has 0 saturated carbocycles. The maximum Gasteiger partial charge on any atom is 0.311 e. The van der Waals surface area contributed by atoms with Crippen molar-refractivity contribution in [2.75, 3.05) is 14.2 Å². The van der Waals surface area contributed by atoms with E-state index in [9.17, 15) is 4.79 Å². The Kier molecular flexibility index (Phi) is 3.88. The molecule has 1 rings (SSSR count). The van der Waals surface area contributed by atoms with Crippen molar-refractivity contribution >= 4 is 21.9 Å². The maximum atomic E-state index is 11.0. The van der Waals surface area contributed by atoms with Crippen molar-refractivity contribution in [2.24, 2.45) is 0 Å². The van der Waals surface area contributed by atoms with Crippen LogP contribution in [0.2, 0.25) is 0 Å². The number of rotatable bonds is 3. The Bertz CT molecular complexity index is 341. The molecule has 0 atom stereocenters. The summed E-state index contributed by atoms with van der Waals surface area (Å²) >= 11 is 3.29. The van der Waals surface area contributed by atoms with Crippen LogP contribution in [0.15, 0.2) is 16.6 Å². The van der Waals surface area contributed by atoms with Gasteiger partial charge >= 0.3 is 5.97 Å². The van der Waals surface area contributed by atoms with Gasteiger partial charge in [-0.15, -0.1) is 0 Å². The van der Waals surface area contributed by atoms with Crippen molar-refractivity contribution in [3.8, 4) is 5.88 Å². The summed E-state index contributed by atoms with van der Waals surface area (Å²) in [5.74, 6) is 0.149. The highest BCUT2D eigenvalue weighted by atomic mass is 79.9. The molecule has 1 heterocycles. The highest BCUT2D eigenvalue weighted by Gasteiger charge is 2.06. The number of carbonyl (C=O) groups is 1. The first kappa shape index (κ1) is 11.0. The van der Waals surface area contributed by atoms with Gasteiger partial charge in [0.25, 0.3) is 0 Å². The van der Waals surface area contributed by atoms with Gasteiger partial charge in [-0.25, -0.2) is 4.98 Å². The molecular weight excluding hydrogens is 250 g/mol. The van der Waals surface area contributed by atoms with Gasteiger partial charge in [0.1, 0.15) is 0 Å². The molecule has 0 unspecified atom stereocenters. The smallest absolute Gasteiger partial charge is 0.311 e. The van der Waals surface area contributed by atoms with Gasteiger partial charge in [-0.2, -0.15) is 0 Å². The molecule has 0 spiro atoms. The standard InChI is InChI=1S/C9H10BrNO3/c1-13-8-4-6(10)3-7(11-8)5-9(12)14-2/h3-4H,5H2,1-2H3. The van der Waals surface area contributed by atoms with Crippen molar-refractivity contribution in [1.29, 1.82) is 0 Å². The predicted molar refractivity (Wildman–Crippen MR) is 54.2 cm³/mol. The predicted octanol–water partition coefficient (Wildman–Crippen LogP) is 1.57. The quantitative estimate of drug-likeness (QED) is 0.774. The van der Waals surface area contributed by atoms with Gasteiger partial charge in [0.2, 0.25) is 5.88 Å². The number of hydrogen-bond donors (Lipinski definition) is 0. The van der Waals surface area contributed by atoms with Crippen molar-refractivity contribution in [2.45, 2.75) is 6.42 Å². The fraction of sp³-hybridized carbons (Fsp3) is 0.333. The van der Waals surface area contributed by atoms with Gasteiger partial charge in [0.15, 0.2) is 0 Å². The van der Waals surface area contributed by atoms with E-state index in [0.29, 0.717) is 11.6 Å². The van der Waals surface area contributed by atoms with Gasteiger partial charge in [0, 0.05) is 10.5 Å². The second kappa shape index (κ2) is 4.95. The monoisotopic (exact) mass is 259 g/mol. The Morgan fingerprint density at radius 1 is 1.50 bits per heavy atom. The van der Waals surface area contributed by atoms with Gasteiger partial charge < -0.3 is 9.47 Å². The molecule has 4 nitrogen and oxygen atoms in total. The molecule has 0 radical (unpaired) electrons. The largest absolute Gasteiger partial charge is 0.481 e. The molecule has 1 aromatic heterocycles. The van der Waals surface area contributed by atoms with Crippen LogP contribution in [0.3, 0.4) is 0 Å². The molecule has 14 heavy (non-hydrogen) atoms. The van der Waals surface area contributed by atoms with E-state index in [1.165, 1.54) is 14.2 Å². The number of hydrogen-bond acceptors (Lipinski definition) is 4. The summed E-state index contributed by atoms with van der Waals surface area (Å²) < 4.78 is 10.3. The minimum Gasteiger partial charge on any atom is -0.481 e. The number of nitrogens with zero attached hydrogens (tertiary/aromatic N) is 1. The van der Waals surface area contributed by atoms with Crippen LogP contribution in [-0.2, 0) is 16.0 Å². The number of carbonyl (C=O) groups excluding carboxylic acids is 1. The molecule has 0 fully saturated rings. The molecule has 0 aliphatic carbocycles. The minimum atomic E-state index is -0.322. The molecular formula is C9H10BrNO3. The Morgan fingerprint density at radius 3 is 2.79 bits per heavy atom. The molecule has 0 aliphatic rings. The number of halogens is 1. The maximum absolute atomic E-state index is 11.0. The minimum absolute atomic E-state index is 0.145. The fourth-order valence-electron chi connectivity index (χ4n) is 0.940. The zero-order valence-electron chi connectivity index (χ0n) is 7.91. The van der Waals surface area contributed by atoms with Crippen LogP contribution in [0.5, 0.6) is 5.88 Å². The number of ether oxygens (including phenoxy) is 2. The molecule has 1 aromatic rings. The number of aromatic nitrogens is 1. The van der Waals surface area contributed by atoms with Gasteiger partial charge in [-0.05, 0) is 6.07 Å². The van der Waals surface area contributed by atoms with Crippen molar-refractivity contribution in [1.82, 2.24) is 4.98 Å². The van der Waals surface area contributed by atoms with Crippen LogP contribution in [0, 0.1) is 0 Å². The van der Waals surface area contributed by atoms with E-state index in [4.69, 9.17) is 4.74 Å². The number of methoxy groups -OCH3 is 2. The van der Waals surface area contributed by atoms with E-state index in [0.717, 1.165) is 4.47 Å². The van der Waals surface area contributed by atoms with E-state index < -0.39 is 0 Å². The van der Waals surface area contributed by atoms with E-state index >= 15 is 0 Å². The zero-order valence-corrected chi connectivity index (χ0v) is 9.50. The van der Waals surface area contributed by atoms with Gasteiger partial charge in [-0.1, -0.05) is 15.9 Å². The third-order valence-corrected chi connectivity index (χ3v) is 2.04. The van der Waals surface area contributed by atoms with Crippen molar-refractivity contribution in [3.63, 3.8) is 0 Å². The summed E-state index contributed by atoms with van der Waals surface area (Å²) in [4.78, 5) is 15.1. The highest BCUT2D eigenvalue weighted by Crippen LogP contribution is 2.17. The number of pyridine rings is 1. The lowest BCUT2D eigenvalue weighted by atomic mass is 10.3. The molecule has 0 amide bonds. The molecule has 0 N–H and O–H groups in total. The van der Waals surface area contributed by atoms with Gasteiger partial charge in [0.05, 0.1) is 26.3 Å². The van der Waals surface area contributed by atoms with Crippen molar-refractivity contribution < 1.29 is 14.3 Å². The summed E-state index contributed by atoms with van der Waals surface area (Å²) in [6.07, 6.45) is 0.145. The summed E-state index contributed by atoms with van der Waals surface area (Å²) in [6.45, 7) is 0. The van der Waals surface area contributed by atoms with E-state index in [2.05, 4.69) is 25.7 Å². The number of esters is 1. The Morgan fingerprint density at radius 2 is 2.21 bits per heavy atom. The lowest BCUT2D eigenvalue weighted by Crippen LogP contribution is -2.06. The van der Waals surface area contributed by atoms with Crippen LogP contribution in [0.1, 0.15) is 5.69 Å². The Balaban J connectivity index is 2.86. The van der Waals surface area contributed by atoms with Crippen LogP contribution in [-0.4, -0.2) is 25.2 Å². The summed E-state index contributed by atoms with van der Waals surface area (Å²) in [5.41, 5.74) is 0.614. The van der Waals surface area contributed by atoms with Crippen LogP contribution < -0.4 is 4.74 Å². The lowest BCUT2D eigenvalue weighted by Gasteiger charge is -2.03. The normalized spacial score (nSPS) is 9.64. The molecule has 0 saturated heterocycles. The highest BCUT2D eigenvalue weighted by molar-refractivity contribution is 9.10. The fourth-order valence-corrected chi connectivity index (χ4v) is 1.40. The average molecular weight is 260 g/mol. The Labute approximate surface area is 90.4 Å². The van der Waals surface area contributed by atoms with Crippen LogP contribution in [0.25, 0.3) is 0 Å². The topological polar surface area (TPSA) is 48.4 Å². The third kappa shape index (κ3) is 2.99. The zero-order chi connectivity index (χ0) is 10.6. The summed E-state index contributed by atoms with van der Waals surface area (Å²) in [6, 6.07) is 3.47. The van der Waals surface area contributed by atoms with Gasteiger partial charge in [-0.3, -0.25) is 4.79 Å². The molecule has 0 bridgehead atoms. The second-order valence-electron chi connectivity index (χ2n) is 2.57. The first-order valence-corrected chi connectivity index (χ1v) is 4.72. The summed E-state index contributed by atoms with van der Waals surface area (Å²) in [7, 11) is 2.87. The Hall–Kier alpha value is -1.10. The van der Waals surface area contributed by atoms with Crippen LogP contribution >= 0.6 is 15.9 Å². The van der Waals surface area contributed by atoms with Crippen molar-refractivity contribution in [3.05, 3.63) is 22.3 Å². The van der Waals surface area contributed by atoms with E-state index in [1.807, 2.05) is 0 Å². The molecule has 76 valence electrons.